The third-order valence-electron chi connectivity index (χ3n) is 5.05. The van der Waals surface area contributed by atoms with Crippen molar-refractivity contribution in [2.24, 2.45) is 0 Å². The summed E-state index contributed by atoms with van der Waals surface area (Å²) in [6, 6.07) is 14.3. The summed E-state index contributed by atoms with van der Waals surface area (Å²) < 4.78 is 4.08. The molecule has 0 saturated heterocycles. The molecule has 0 fully saturated rings. The normalized spacial score (nSPS) is 11.3. The van der Waals surface area contributed by atoms with Crippen LogP contribution >= 0.6 is 11.8 Å². The van der Waals surface area contributed by atoms with E-state index in [1.807, 2.05) is 62.4 Å². The Morgan fingerprint density at radius 1 is 1.00 bits per heavy atom. The maximum absolute atomic E-state index is 12.9. The Hall–Kier alpha value is -2.93. The number of thioether (sulfide) groups is 1. The van der Waals surface area contributed by atoms with Crippen molar-refractivity contribution in [1.29, 1.82) is 0 Å². The molecule has 1 aromatic carbocycles. The summed E-state index contributed by atoms with van der Waals surface area (Å²) in [6.07, 6.45) is 0. The lowest BCUT2D eigenvalue weighted by Crippen LogP contribution is -2.08. The second-order valence-corrected chi connectivity index (χ2v) is 8.17. The summed E-state index contributed by atoms with van der Waals surface area (Å²) in [5.74, 6) is 0.972. The fourth-order valence-electron chi connectivity index (χ4n) is 3.59. The molecule has 4 rings (SSSR count). The van der Waals surface area contributed by atoms with Crippen molar-refractivity contribution in [2.75, 3.05) is 5.75 Å². The van der Waals surface area contributed by atoms with Crippen LogP contribution in [0, 0.1) is 27.7 Å². The first-order valence-corrected chi connectivity index (χ1v) is 10.5. The SMILES string of the molecule is Cc1cc(C)n2c(SCC(=O)c3cc(C)n(Cc4ccccc4)c3C)nnc2n1. The highest BCUT2D eigenvalue weighted by molar-refractivity contribution is 7.99. The Morgan fingerprint density at radius 3 is 2.52 bits per heavy atom. The zero-order valence-electron chi connectivity index (χ0n) is 17.0. The van der Waals surface area contributed by atoms with Crippen LogP contribution in [0.15, 0.2) is 47.6 Å². The van der Waals surface area contributed by atoms with Crippen LogP contribution in [-0.2, 0) is 6.54 Å². The molecule has 7 heteroatoms. The van der Waals surface area contributed by atoms with Crippen LogP contribution in [0.4, 0.5) is 0 Å². The van der Waals surface area contributed by atoms with Gasteiger partial charge in [0.25, 0.3) is 5.78 Å². The van der Waals surface area contributed by atoms with Crippen LogP contribution in [-0.4, -0.2) is 35.7 Å². The summed E-state index contributed by atoms with van der Waals surface area (Å²) in [4.78, 5) is 17.3. The standard InChI is InChI=1S/C22H23N5OS/c1-14-10-16(3)27-21(23-14)24-25-22(27)29-13-20(28)19-11-15(2)26(17(19)4)12-18-8-6-5-7-9-18/h5-11H,12-13H2,1-4H3. The van der Waals surface area contributed by atoms with Crippen molar-refractivity contribution in [3.8, 4) is 0 Å². The van der Waals surface area contributed by atoms with E-state index in [-0.39, 0.29) is 5.78 Å². The Kier molecular flexibility index (Phi) is 5.24. The van der Waals surface area contributed by atoms with Gasteiger partial charge < -0.3 is 4.57 Å². The van der Waals surface area contributed by atoms with Gasteiger partial charge in [0, 0.05) is 34.9 Å². The predicted octanol–water partition coefficient (Wildman–Crippen LogP) is 4.18. The van der Waals surface area contributed by atoms with E-state index in [0.717, 1.165) is 34.9 Å². The van der Waals surface area contributed by atoms with E-state index in [1.54, 1.807) is 0 Å². The largest absolute Gasteiger partial charge is 0.344 e. The van der Waals surface area contributed by atoms with Gasteiger partial charge in [-0.15, -0.1) is 10.2 Å². The lowest BCUT2D eigenvalue weighted by Gasteiger charge is -2.10. The van der Waals surface area contributed by atoms with Gasteiger partial charge in [0.2, 0.25) is 0 Å². The molecule has 0 radical (unpaired) electrons. The van der Waals surface area contributed by atoms with E-state index in [0.29, 0.717) is 16.7 Å². The van der Waals surface area contributed by atoms with E-state index in [4.69, 9.17) is 0 Å². The minimum atomic E-state index is 0.0943. The molecule has 3 heterocycles. The minimum absolute atomic E-state index is 0.0943. The van der Waals surface area contributed by atoms with Crippen molar-refractivity contribution in [3.05, 3.63) is 76.4 Å². The van der Waals surface area contributed by atoms with Crippen molar-refractivity contribution >= 4 is 23.3 Å². The molecule has 0 bridgehead atoms. The van der Waals surface area contributed by atoms with E-state index < -0.39 is 0 Å². The van der Waals surface area contributed by atoms with Crippen LogP contribution in [0.25, 0.3) is 5.78 Å². The number of fused-ring (bicyclic) bond motifs is 1. The van der Waals surface area contributed by atoms with Gasteiger partial charge in [0.15, 0.2) is 10.9 Å². The van der Waals surface area contributed by atoms with Gasteiger partial charge in [0.1, 0.15) is 0 Å². The number of ketones is 1. The van der Waals surface area contributed by atoms with Crippen LogP contribution in [0.2, 0.25) is 0 Å². The van der Waals surface area contributed by atoms with E-state index >= 15 is 0 Å². The Morgan fingerprint density at radius 2 is 1.76 bits per heavy atom. The molecule has 6 nitrogen and oxygen atoms in total. The number of benzene rings is 1. The van der Waals surface area contributed by atoms with Crippen LogP contribution in [0.3, 0.4) is 0 Å². The number of aromatic nitrogens is 5. The lowest BCUT2D eigenvalue weighted by atomic mass is 10.2. The summed E-state index contributed by atoms with van der Waals surface area (Å²) in [7, 11) is 0. The molecule has 0 spiro atoms. The number of hydrogen-bond acceptors (Lipinski definition) is 5. The Balaban J connectivity index is 1.53. The highest BCUT2D eigenvalue weighted by Crippen LogP contribution is 2.23. The first-order valence-electron chi connectivity index (χ1n) is 9.50. The van der Waals surface area contributed by atoms with E-state index in [9.17, 15) is 4.79 Å². The van der Waals surface area contributed by atoms with Gasteiger partial charge in [0.05, 0.1) is 5.75 Å². The molecule has 0 aliphatic rings. The third-order valence-corrected chi connectivity index (χ3v) is 5.98. The molecule has 0 N–H and O–H groups in total. The predicted molar refractivity (Wildman–Crippen MR) is 115 cm³/mol. The third kappa shape index (κ3) is 3.82. The first-order chi connectivity index (χ1) is 13.9. The minimum Gasteiger partial charge on any atom is -0.344 e. The lowest BCUT2D eigenvalue weighted by molar-refractivity contribution is 0.102. The van der Waals surface area contributed by atoms with Gasteiger partial charge in [-0.2, -0.15) is 0 Å². The van der Waals surface area contributed by atoms with Crippen molar-refractivity contribution in [2.45, 2.75) is 39.4 Å². The number of carbonyl (C=O) groups is 1. The number of carbonyl (C=O) groups excluding carboxylic acids is 1. The summed E-state index contributed by atoms with van der Waals surface area (Å²) in [5, 5.41) is 9.05. The second kappa shape index (κ2) is 7.83. The van der Waals surface area contributed by atoms with Gasteiger partial charge in [-0.3, -0.25) is 9.20 Å². The zero-order valence-corrected chi connectivity index (χ0v) is 17.8. The number of Topliss-reactive ketones (excluding diaryl/α,β-unsaturated/α-hetero) is 1. The van der Waals surface area contributed by atoms with Gasteiger partial charge in [-0.25, -0.2) is 4.98 Å². The van der Waals surface area contributed by atoms with E-state index in [2.05, 4.69) is 31.9 Å². The molecular formula is C22H23N5OS. The molecule has 0 aliphatic carbocycles. The summed E-state index contributed by atoms with van der Waals surface area (Å²) in [6.45, 7) is 8.75. The summed E-state index contributed by atoms with van der Waals surface area (Å²) >= 11 is 1.40. The quantitative estimate of drug-likeness (QED) is 0.356. The molecule has 148 valence electrons. The fraction of sp³-hybridized carbons (Fsp3) is 0.273. The molecule has 3 aromatic heterocycles. The van der Waals surface area contributed by atoms with Crippen molar-refractivity contribution in [1.82, 2.24) is 24.1 Å². The monoisotopic (exact) mass is 405 g/mol. The first kappa shape index (κ1) is 19.4. The molecule has 4 aromatic rings. The molecule has 0 unspecified atom stereocenters. The van der Waals surface area contributed by atoms with Crippen LogP contribution < -0.4 is 0 Å². The molecule has 0 atom stereocenters. The maximum Gasteiger partial charge on any atom is 0.256 e. The molecule has 0 aliphatic heterocycles. The number of nitrogens with zero attached hydrogens (tertiary/aromatic N) is 5. The average molecular weight is 406 g/mol. The second-order valence-electron chi connectivity index (χ2n) is 7.23. The van der Waals surface area contributed by atoms with Crippen LogP contribution in [0.5, 0.6) is 0 Å². The number of hydrogen-bond donors (Lipinski definition) is 0. The maximum atomic E-state index is 12.9. The van der Waals surface area contributed by atoms with Gasteiger partial charge in [-0.1, -0.05) is 42.1 Å². The number of rotatable bonds is 6. The number of aryl methyl sites for hydroxylation is 3. The average Bonchev–Trinajstić information content (AvgIpc) is 3.23. The van der Waals surface area contributed by atoms with E-state index in [1.165, 1.54) is 17.3 Å². The molecular weight excluding hydrogens is 382 g/mol. The highest BCUT2D eigenvalue weighted by atomic mass is 32.2. The van der Waals surface area contributed by atoms with Gasteiger partial charge in [-0.05, 0) is 45.4 Å². The Bertz CT molecular complexity index is 1190. The van der Waals surface area contributed by atoms with Crippen molar-refractivity contribution in [3.63, 3.8) is 0 Å². The van der Waals surface area contributed by atoms with Crippen molar-refractivity contribution < 1.29 is 4.79 Å². The Labute approximate surface area is 174 Å². The molecule has 0 saturated carbocycles. The molecule has 0 amide bonds. The van der Waals surface area contributed by atoms with Gasteiger partial charge >= 0.3 is 0 Å². The highest BCUT2D eigenvalue weighted by Gasteiger charge is 2.18. The topological polar surface area (TPSA) is 65.1 Å². The fourth-order valence-corrected chi connectivity index (χ4v) is 4.46. The smallest absolute Gasteiger partial charge is 0.256 e. The zero-order chi connectivity index (χ0) is 20.5. The van der Waals surface area contributed by atoms with Crippen LogP contribution in [0.1, 0.15) is 38.7 Å². The summed E-state index contributed by atoms with van der Waals surface area (Å²) in [5.41, 5.74) is 5.98. The molecule has 29 heavy (non-hydrogen) atoms.